The van der Waals surface area contributed by atoms with E-state index < -0.39 is 0 Å². The van der Waals surface area contributed by atoms with Gasteiger partial charge in [0.25, 0.3) is 5.91 Å². The molecule has 3 rings (SSSR count). The van der Waals surface area contributed by atoms with E-state index >= 15 is 0 Å². The predicted molar refractivity (Wildman–Crippen MR) is 100 cm³/mol. The van der Waals surface area contributed by atoms with Crippen LogP contribution in [0.25, 0.3) is 0 Å². The first-order valence-electron chi connectivity index (χ1n) is 9.31. The van der Waals surface area contributed by atoms with E-state index in [9.17, 15) is 9.59 Å². The molecule has 1 aliphatic rings. The van der Waals surface area contributed by atoms with Crippen LogP contribution in [0.4, 0.5) is 4.79 Å². The van der Waals surface area contributed by atoms with Gasteiger partial charge in [-0.1, -0.05) is 13.3 Å². The van der Waals surface area contributed by atoms with E-state index in [2.05, 4.69) is 27.5 Å². The van der Waals surface area contributed by atoms with Gasteiger partial charge < -0.3 is 15.1 Å². The number of aromatic amines is 1. The van der Waals surface area contributed by atoms with Crippen LogP contribution in [0.3, 0.4) is 0 Å². The molecule has 3 amide bonds. The first-order valence-corrected chi connectivity index (χ1v) is 9.31. The average Bonchev–Trinajstić information content (AvgIpc) is 3.21. The molecule has 0 radical (unpaired) electrons. The second-order valence-electron chi connectivity index (χ2n) is 7.00. The van der Waals surface area contributed by atoms with E-state index in [1.807, 2.05) is 15.6 Å². The Bertz CT molecular complexity index is 808. The quantitative estimate of drug-likeness (QED) is 0.827. The van der Waals surface area contributed by atoms with E-state index in [1.165, 1.54) is 0 Å². The van der Waals surface area contributed by atoms with Gasteiger partial charge in [-0.15, -0.1) is 0 Å². The molecule has 0 saturated heterocycles. The van der Waals surface area contributed by atoms with Crippen molar-refractivity contribution in [1.29, 1.82) is 0 Å². The molecule has 0 bridgehead atoms. The molecule has 1 aliphatic heterocycles. The van der Waals surface area contributed by atoms with Crippen LogP contribution in [-0.4, -0.2) is 62.4 Å². The van der Waals surface area contributed by atoms with Gasteiger partial charge in [-0.2, -0.15) is 10.2 Å². The van der Waals surface area contributed by atoms with Crippen LogP contribution in [0.5, 0.6) is 0 Å². The highest BCUT2D eigenvalue weighted by Crippen LogP contribution is 2.15. The van der Waals surface area contributed by atoms with Crippen molar-refractivity contribution >= 4 is 11.9 Å². The molecule has 0 saturated carbocycles. The zero-order chi connectivity index (χ0) is 19.4. The van der Waals surface area contributed by atoms with Gasteiger partial charge in [0.2, 0.25) is 0 Å². The largest absolute Gasteiger partial charge is 0.346 e. The van der Waals surface area contributed by atoms with Gasteiger partial charge >= 0.3 is 6.03 Å². The summed E-state index contributed by atoms with van der Waals surface area (Å²) in [6.07, 6.45) is 4.15. The second kappa shape index (κ2) is 8.24. The molecule has 27 heavy (non-hydrogen) atoms. The van der Waals surface area contributed by atoms with Crippen LogP contribution in [0.15, 0.2) is 12.3 Å². The van der Waals surface area contributed by atoms with E-state index in [0.717, 1.165) is 42.9 Å². The first-order chi connectivity index (χ1) is 13.0. The first kappa shape index (κ1) is 18.9. The summed E-state index contributed by atoms with van der Waals surface area (Å²) in [5.41, 5.74) is 3.22. The second-order valence-corrected chi connectivity index (χ2v) is 7.00. The van der Waals surface area contributed by atoms with Crippen molar-refractivity contribution in [1.82, 2.24) is 35.1 Å². The van der Waals surface area contributed by atoms with Crippen molar-refractivity contribution in [2.24, 2.45) is 0 Å². The Morgan fingerprint density at radius 1 is 1.33 bits per heavy atom. The lowest BCUT2D eigenvalue weighted by molar-refractivity contribution is 0.0949. The fraction of sp³-hybridized carbons (Fsp3) is 0.556. The number of rotatable bonds is 5. The third-order valence-corrected chi connectivity index (χ3v) is 4.61. The van der Waals surface area contributed by atoms with Crippen LogP contribution in [0.1, 0.15) is 47.2 Å². The van der Waals surface area contributed by atoms with Crippen molar-refractivity contribution < 1.29 is 9.59 Å². The fourth-order valence-electron chi connectivity index (χ4n) is 3.27. The number of carbonyl (C=O) groups is 2. The minimum atomic E-state index is -0.153. The number of H-pyrrole nitrogens is 1. The summed E-state index contributed by atoms with van der Waals surface area (Å²) >= 11 is 0. The van der Waals surface area contributed by atoms with Gasteiger partial charge in [-0.3, -0.25) is 14.6 Å². The number of nitrogens with one attached hydrogen (secondary N) is 2. The summed E-state index contributed by atoms with van der Waals surface area (Å²) in [4.78, 5) is 28.1. The van der Waals surface area contributed by atoms with E-state index in [0.29, 0.717) is 25.2 Å². The van der Waals surface area contributed by atoms with Crippen LogP contribution in [0, 0.1) is 0 Å². The molecule has 0 spiro atoms. The minimum absolute atomic E-state index is 0.00270. The van der Waals surface area contributed by atoms with E-state index in [4.69, 9.17) is 0 Å². The topological polar surface area (TPSA) is 99.1 Å². The third kappa shape index (κ3) is 4.29. The Kier molecular flexibility index (Phi) is 5.78. The van der Waals surface area contributed by atoms with Crippen LogP contribution >= 0.6 is 0 Å². The molecule has 0 unspecified atom stereocenters. The summed E-state index contributed by atoms with van der Waals surface area (Å²) < 4.78 is 1.94. The fourth-order valence-corrected chi connectivity index (χ4v) is 3.27. The maximum atomic E-state index is 12.4. The van der Waals surface area contributed by atoms with Gasteiger partial charge in [0, 0.05) is 32.9 Å². The Hall–Kier alpha value is -2.84. The average molecular weight is 373 g/mol. The molecule has 146 valence electrons. The van der Waals surface area contributed by atoms with Crippen LogP contribution in [-0.2, 0) is 26.1 Å². The smallest absolute Gasteiger partial charge is 0.319 e. The maximum Gasteiger partial charge on any atom is 0.319 e. The van der Waals surface area contributed by atoms with Crippen molar-refractivity contribution in [3.63, 3.8) is 0 Å². The molecule has 3 heterocycles. The molecular formula is C18H27N7O2. The van der Waals surface area contributed by atoms with Crippen LogP contribution in [0.2, 0.25) is 0 Å². The molecule has 0 aliphatic carbocycles. The number of hydrogen-bond donors (Lipinski definition) is 2. The maximum absolute atomic E-state index is 12.4. The lowest BCUT2D eigenvalue weighted by atomic mass is 10.1. The molecule has 9 nitrogen and oxygen atoms in total. The van der Waals surface area contributed by atoms with Crippen molar-refractivity contribution in [2.75, 3.05) is 20.6 Å². The number of aryl methyl sites for hydroxylation is 2. The monoisotopic (exact) mass is 373 g/mol. The van der Waals surface area contributed by atoms with Crippen molar-refractivity contribution in [3.05, 3.63) is 34.9 Å². The van der Waals surface area contributed by atoms with Gasteiger partial charge in [0.1, 0.15) is 0 Å². The van der Waals surface area contributed by atoms with E-state index in [-0.39, 0.29) is 11.9 Å². The molecule has 2 aromatic rings. The molecule has 0 aromatic carbocycles. The highest BCUT2D eigenvalue weighted by molar-refractivity contribution is 5.94. The molecule has 0 atom stereocenters. The summed E-state index contributed by atoms with van der Waals surface area (Å²) in [6, 6.07) is 1.96. The number of hydrogen-bond acceptors (Lipinski definition) is 4. The normalized spacial score (nSPS) is 13.8. The number of carbonyl (C=O) groups excluding carboxylic acids is 2. The van der Waals surface area contributed by atoms with Gasteiger partial charge in [0.05, 0.1) is 36.2 Å². The minimum Gasteiger partial charge on any atom is -0.346 e. The molecule has 0 fully saturated rings. The lowest BCUT2D eigenvalue weighted by Gasteiger charge is -2.23. The summed E-state index contributed by atoms with van der Waals surface area (Å²) in [6.45, 7) is 4.42. The number of fused-ring (bicyclic) bond motifs is 1. The third-order valence-electron chi connectivity index (χ3n) is 4.61. The number of nitrogens with zero attached hydrogens (tertiary/aromatic N) is 5. The molecule has 9 heteroatoms. The van der Waals surface area contributed by atoms with Gasteiger partial charge in [0.15, 0.2) is 0 Å². The van der Waals surface area contributed by atoms with E-state index in [1.54, 1.807) is 25.2 Å². The molecular weight excluding hydrogens is 346 g/mol. The Balaban J connectivity index is 1.64. The van der Waals surface area contributed by atoms with Gasteiger partial charge in [-0.05, 0) is 18.9 Å². The Morgan fingerprint density at radius 2 is 2.15 bits per heavy atom. The lowest BCUT2D eigenvalue weighted by Crippen LogP contribution is -2.38. The van der Waals surface area contributed by atoms with Gasteiger partial charge in [-0.25, -0.2) is 4.79 Å². The Morgan fingerprint density at radius 3 is 2.89 bits per heavy atom. The summed E-state index contributed by atoms with van der Waals surface area (Å²) in [5, 5.41) is 14.4. The molecule has 2 aromatic heterocycles. The summed E-state index contributed by atoms with van der Waals surface area (Å²) in [7, 11) is 3.52. The highest BCUT2D eigenvalue weighted by atomic mass is 16.2. The highest BCUT2D eigenvalue weighted by Gasteiger charge is 2.22. The van der Waals surface area contributed by atoms with Crippen molar-refractivity contribution in [3.8, 4) is 0 Å². The number of aromatic nitrogens is 4. The SMILES string of the molecule is CCCc1[nH]ncc1C(=O)NCc1cc2n(n1)CCCN(C(=O)N(C)C)C2. The van der Waals surface area contributed by atoms with Crippen LogP contribution < -0.4 is 5.32 Å². The zero-order valence-electron chi connectivity index (χ0n) is 16.2. The number of urea groups is 1. The molecule has 2 N–H and O–H groups in total. The standard InChI is InChI=1S/C18H27N7O2/c1-4-6-16-15(11-20-21-16)17(26)19-10-13-9-14-12-24(18(27)23(2)3)7-5-8-25(14)22-13/h9,11H,4-8,10,12H2,1-3H3,(H,19,26)(H,20,21). The predicted octanol–water partition coefficient (Wildman–Crippen LogP) is 1.38. The summed E-state index contributed by atoms with van der Waals surface area (Å²) in [5.74, 6) is -0.153. The number of amides is 3. The van der Waals surface area contributed by atoms with Crippen molar-refractivity contribution in [2.45, 2.75) is 45.8 Å². The zero-order valence-corrected chi connectivity index (χ0v) is 16.2. The Labute approximate surface area is 158 Å².